The number of amides is 1. The van der Waals surface area contributed by atoms with Crippen LogP contribution in [-0.2, 0) is 4.79 Å². The Balaban J connectivity index is 1.67. The quantitative estimate of drug-likeness (QED) is 0.859. The van der Waals surface area contributed by atoms with Gasteiger partial charge in [0.1, 0.15) is 12.7 Å². The van der Waals surface area contributed by atoms with Gasteiger partial charge in [0.15, 0.2) is 0 Å². The average Bonchev–Trinajstić information content (AvgIpc) is 3.13. The van der Waals surface area contributed by atoms with Crippen LogP contribution in [0.2, 0.25) is 0 Å². The molecule has 0 spiro atoms. The fourth-order valence-corrected chi connectivity index (χ4v) is 2.18. The molecule has 6 nitrogen and oxygen atoms in total. The Bertz CT molecular complexity index is 543. The summed E-state index contributed by atoms with van der Waals surface area (Å²) in [4.78, 5) is 15.8. The van der Waals surface area contributed by atoms with Crippen LogP contribution in [0.25, 0.3) is 5.69 Å². The first-order valence-electron chi connectivity index (χ1n) is 6.32. The summed E-state index contributed by atoms with van der Waals surface area (Å²) in [7, 11) is 0. The molecule has 1 amide bonds. The van der Waals surface area contributed by atoms with Gasteiger partial charge in [0, 0.05) is 5.69 Å². The van der Waals surface area contributed by atoms with E-state index in [0.29, 0.717) is 0 Å². The van der Waals surface area contributed by atoms with Gasteiger partial charge in [-0.2, -0.15) is 5.10 Å². The highest BCUT2D eigenvalue weighted by Gasteiger charge is 2.21. The lowest BCUT2D eigenvalue weighted by atomic mass is 10.2. The van der Waals surface area contributed by atoms with E-state index in [1.54, 1.807) is 11.0 Å². The van der Waals surface area contributed by atoms with Crippen LogP contribution in [0.5, 0.6) is 0 Å². The van der Waals surface area contributed by atoms with Gasteiger partial charge in [-0.05, 0) is 43.7 Å². The van der Waals surface area contributed by atoms with E-state index in [1.807, 2.05) is 24.3 Å². The molecule has 1 aromatic heterocycles. The van der Waals surface area contributed by atoms with E-state index in [2.05, 4.69) is 20.7 Å². The zero-order valence-corrected chi connectivity index (χ0v) is 10.4. The second-order valence-corrected chi connectivity index (χ2v) is 4.53. The minimum absolute atomic E-state index is 0.0333. The number of benzene rings is 1. The van der Waals surface area contributed by atoms with Crippen molar-refractivity contribution in [1.82, 2.24) is 20.1 Å². The number of nitrogens with one attached hydrogen (secondary N) is 2. The van der Waals surface area contributed by atoms with E-state index < -0.39 is 0 Å². The van der Waals surface area contributed by atoms with Crippen molar-refractivity contribution in [3.63, 3.8) is 0 Å². The Hall–Kier alpha value is -2.21. The van der Waals surface area contributed by atoms with Gasteiger partial charge >= 0.3 is 0 Å². The highest BCUT2D eigenvalue weighted by Crippen LogP contribution is 2.14. The number of hydrogen-bond acceptors (Lipinski definition) is 4. The number of carbonyl (C=O) groups is 1. The van der Waals surface area contributed by atoms with E-state index in [4.69, 9.17) is 0 Å². The number of carbonyl (C=O) groups excluding carboxylic acids is 1. The normalized spacial score (nSPS) is 18.4. The topological polar surface area (TPSA) is 71.8 Å². The van der Waals surface area contributed by atoms with Crippen LogP contribution in [0, 0.1) is 0 Å². The minimum Gasteiger partial charge on any atom is -0.325 e. The Kier molecular flexibility index (Phi) is 3.24. The first-order valence-corrected chi connectivity index (χ1v) is 6.32. The highest BCUT2D eigenvalue weighted by atomic mass is 16.2. The highest BCUT2D eigenvalue weighted by molar-refractivity contribution is 5.95. The van der Waals surface area contributed by atoms with E-state index in [0.717, 1.165) is 30.8 Å². The molecule has 2 N–H and O–H groups in total. The summed E-state index contributed by atoms with van der Waals surface area (Å²) in [5.74, 6) is 0.0333. The first kappa shape index (κ1) is 11.9. The lowest BCUT2D eigenvalue weighted by molar-refractivity contribution is -0.117. The van der Waals surface area contributed by atoms with Crippen molar-refractivity contribution >= 4 is 11.6 Å². The van der Waals surface area contributed by atoms with Gasteiger partial charge in [0.25, 0.3) is 0 Å². The van der Waals surface area contributed by atoms with E-state index in [-0.39, 0.29) is 11.9 Å². The van der Waals surface area contributed by atoms with Crippen molar-refractivity contribution in [2.45, 2.75) is 18.9 Å². The number of nitrogens with zero attached hydrogens (tertiary/aromatic N) is 3. The summed E-state index contributed by atoms with van der Waals surface area (Å²) >= 11 is 0. The Morgan fingerprint density at radius 2 is 2.21 bits per heavy atom. The average molecular weight is 257 g/mol. The van der Waals surface area contributed by atoms with Crippen molar-refractivity contribution in [3.05, 3.63) is 36.9 Å². The van der Waals surface area contributed by atoms with Gasteiger partial charge < -0.3 is 10.6 Å². The van der Waals surface area contributed by atoms with Crippen molar-refractivity contribution in [2.75, 3.05) is 11.9 Å². The second kappa shape index (κ2) is 5.19. The molecule has 98 valence electrons. The van der Waals surface area contributed by atoms with Crippen LogP contribution < -0.4 is 10.6 Å². The molecule has 1 fully saturated rings. The van der Waals surface area contributed by atoms with Crippen molar-refractivity contribution in [2.24, 2.45) is 0 Å². The van der Waals surface area contributed by atoms with E-state index >= 15 is 0 Å². The molecule has 1 aliphatic heterocycles. The van der Waals surface area contributed by atoms with Gasteiger partial charge in [0.2, 0.25) is 5.91 Å². The van der Waals surface area contributed by atoms with E-state index in [1.165, 1.54) is 6.33 Å². The molecule has 1 aromatic carbocycles. The predicted octanol–water partition coefficient (Wildman–Crippen LogP) is 0.958. The number of rotatable bonds is 3. The molecule has 2 heterocycles. The largest absolute Gasteiger partial charge is 0.325 e. The van der Waals surface area contributed by atoms with Crippen molar-refractivity contribution in [1.29, 1.82) is 0 Å². The smallest absolute Gasteiger partial charge is 0.241 e. The minimum atomic E-state index is -0.0602. The molecular weight excluding hydrogens is 242 g/mol. The van der Waals surface area contributed by atoms with Gasteiger partial charge in [0.05, 0.1) is 11.7 Å². The lowest BCUT2D eigenvalue weighted by Crippen LogP contribution is -2.35. The third kappa shape index (κ3) is 2.63. The molecule has 0 radical (unpaired) electrons. The van der Waals surface area contributed by atoms with Gasteiger partial charge in [-0.15, -0.1) is 0 Å². The summed E-state index contributed by atoms with van der Waals surface area (Å²) in [5.41, 5.74) is 1.71. The summed E-state index contributed by atoms with van der Waals surface area (Å²) in [6.45, 7) is 0.920. The maximum Gasteiger partial charge on any atom is 0.241 e. The van der Waals surface area contributed by atoms with Crippen LogP contribution in [-0.4, -0.2) is 33.3 Å². The lowest BCUT2D eigenvalue weighted by Gasteiger charge is -2.11. The molecule has 6 heteroatoms. The Labute approximate surface area is 110 Å². The first-order chi connectivity index (χ1) is 9.33. The number of anilines is 1. The third-order valence-electron chi connectivity index (χ3n) is 3.19. The van der Waals surface area contributed by atoms with Gasteiger partial charge in [-0.25, -0.2) is 9.67 Å². The fourth-order valence-electron chi connectivity index (χ4n) is 2.18. The summed E-state index contributed by atoms with van der Waals surface area (Å²) in [5, 5.41) is 10.1. The van der Waals surface area contributed by atoms with Crippen LogP contribution in [0.3, 0.4) is 0 Å². The molecule has 1 atom stereocenters. The monoisotopic (exact) mass is 257 g/mol. The van der Waals surface area contributed by atoms with Gasteiger partial charge in [-0.1, -0.05) is 0 Å². The summed E-state index contributed by atoms with van der Waals surface area (Å²) in [6.07, 6.45) is 5.09. The Morgan fingerprint density at radius 3 is 2.84 bits per heavy atom. The van der Waals surface area contributed by atoms with Crippen molar-refractivity contribution < 1.29 is 4.79 Å². The zero-order valence-electron chi connectivity index (χ0n) is 10.4. The molecule has 1 saturated heterocycles. The molecule has 0 saturated carbocycles. The Morgan fingerprint density at radius 1 is 1.37 bits per heavy atom. The molecule has 1 unspecified atom stereocenters. The summed E-state index contributed by atoms with van der Waals surface area (Å²) < 4.78 is 1.67. The summed E-state index contributed by atoms with van der Waals surface area (Å²) in [6, 6.07) is 7.46. The maximum atomic E-state index is 11.9. The molecule has 2 aromatic rings. The second-order valence-electron chi connectivity index (χ2n) is 4.53. The zero-order chi connectivity index (χ0) is 13.1. The molecule has 0 bridgehead atoms. The molecule has 1 aliphatic rings. The number of aromatic nitrogens is 3. The van der Waals surface area contributed by atoms with Gasteiger partial charge in [-0.3, -0.25) is 4.79 Å². The predicted molar refractivity (Wildman–Crippen MR) is 71.0 cm³/mol. The molecule has 3 rings (SSSR count). The SMILES string of the molecule is O=C(Nc1ccc(-n2cncn2)cc1)C1CCCN1. The molecule has 19 heavy (non-hydrogen) atoms. The van der Waals surface area contributed by atoms with E-state index in [9.17, 15) is 4.79 Å². The maximum absolute atomic E-state index is 11.9. The van der Waals surface area contributed by atoms with Crippen LogP contribution in [0.1, 0.15) is 12.8 Å². The van der Waals surface area contributed by atoms with Crippen LogP contribution in [0.4, 0.5) is 5.69 Å². The third-order valence-corrected chi connectivity index (χ3v) is 3.19. The molecular formula is C13H15N5O. The fraction of sp³-hybridized carbons (Fsp3) is 0.308. The van der Waals surface area contributed by atoms with Crippen LogP contribution in [0.15, 0.2) is 36.9 Å². The van der Waals surface area contributed by atoms with Crippen LogP contribution >= 0.6 is 0 Å². The number of hydrogen-bond donors (Lipinski definition) is 2. The standard InChI is InChI=1S/C13H15N5O/c19-13(12-2-1-7-15-12)17-10-3-5-11(6-4-10)18-9-14-8-16-18/h3-6,8-9,12,15H,1-2,7H2,(H,17,19). The molecule has 0 aliphatic carbocycles. The van der Waals surface area contributed by atoms with Crippen molar-refractivity contribution in [3.8, 4) is 5.69 Å².